The monoisotopic (exact) mass is 235 g/mol. The van der Waals surface area contributed by atoms with Gasteiger partial charge in [-0.1, -0.05) is 39.8 Å². The predicted molar refractivity (Wildman–Crippen MR) is 73.7 cm³/mol. The van der Waals surface area contributed by atoms with E-state index in [1.165, 1.54) is 11.1 Å². The fourth-order valence-electron chi connectivity index (χ4n) is 1.82. The van der Waals surface area contributed by atoms with Gasteiger partial charge in [-0.2, -0.15) is 0 Å². The molecule has 1 rings (SSSR count). The zero-order valence-corrected chi connectivity index (χ0v) is 11.8. The minimum absolute atomic E-state index is 0.118. The Hall–Kier alpha value is -1.02. The molecule has 0 aliphatic rings. The van der Waals surface area contributed by atoms with Gasteiger partial charge >= 0.3 is 0 Å². The van der Waals surface area contributed by atoms with Gasteiger partial charge in [0.1, 0.15) is 5.75 Å². The van der Waals surface area contributed by atoms with Crippen molar-refractivity contribution in [3.8, 4) is 5.75 Å². The smallest absolute Gasteiger partial charge is 0.123 e. The van der Waals surface area contributed by atoms with Gasteiger partial charge in [-0.3, -0.25) is 0 Å². The lowest BCUT2D eigenvalue weighted by Crippen LogP contribution is -2.16. The highest BCUT2D eigenvalue weighted by atomic mass is 16.5. The van der Waals surface area contributed by atoms with Gasteiger partial charge in [0.2, 0.25) is 0 Å². The molecular weight excluding hydrogens is 210 g/mol. The number of hydrogen-bond acceptors (Lipinski definition) is 2. The fraction of sp³-hybridized carbons (Fsp3) is 0.600. The molecule has 1 aromatic rings. The van der Waals surface area contributed by atoms with Crippen molar-refractivity contribution in [1.82, 2.24) is 5.32 Å². The fourth-order valence-corrected chi connectivity index (χ4v) is 1.82. The van der Waals surface area contributed by atoms with E-state index >= 15 is 0 Å². The molecule has 0 spiro atoms. The standard InChI is InChI=1S/C15H25NO/c1-6-16-11-12-8-9-14(17-7-2)13(10-12)15(3,4)5/h8-10,16H,6-7,11H2,1-5H3. The summed E-state index contributed by atoms with van der Waals surface area (Å²) in [6, 6.07) is 6.49. The maximum atomic E-state index is 5.70. The average Bonchev–Trinajstić information content (AvgIpc) is 2.26. The SMILES string of the molecule is CCNCc1ccc(OCC)c(C(C)(C)C)c1. The van der Waals surface area contributed by atoms with E-state index in [0.29, 0.717) is 0 Å². The van der Waals surface area contributed by atoms with E-state index in [1.54, 1.807) is 0 Å². The number of hydrogen-bond donors (Lipinski definition) is 1. The topological polar surface area (TPSA) is 21.3 Å². The molecule has 96 valence electrons. The van der Waals surface area contributed by atoms with Crippen LogP contribution in [0.5, 0.6) is 5.75 Å². The van der Waals surface area contributed by atoms with Crippen molar-refractivity contribution in [2.45, 2.75) is 46.6 Å². The molecule has 0 saturated carbocycles. The number of benzene rings is 1. The maximum absolute atomic E-state index is 5.70. The zero-order valence-electron chi connectivity index (χ0n) is 11.8. The van der Waals surface area contributed by atoms with Crippen molar-refractivity contribution in [1.29, 1.82) is 0 Å². The van der Waals surface area contributed by atoms with Crippen LogP contribution in [0.4, 0.5) is 0 Å². The van der Waals surface area contributed by atoms with Crippen LogP contribution in [0.2, 0.25) is 0 Å². The van der Waals surface area contributed by atoms with Gasteiger partial charge < -0.3 is 10.1 Å². The predicted octanol–water partition coefficient (Wildman–Crippen LogP) is 3.49. The first-order valence-electron chi connectivity index (χ1n) is 6.46. The molecule has 0 atom stereocenters. The van der Waals surface area contributed by atoms with Crippen LogP contribution in [0.3, 0.4) is 0 Å². The summed E-state index contributed by atoms with van der Waals surface area (Å²) in [4.78, 5) is 0. The zero-order chi connectivity index (χ0) is 12.9. The Balaban J connectivity index is 3.01. The molecule has 17 heavy (non-hydrogen) atoms. The van der Waals surface area contributed by atoms with E-state index in [-0.39, 0.29) is 5.41 Å². The van der Waals surface area contributed by atoms with Crippen molar-refractivity contribution in [2.75, 3.05) is 13.2 Å². The van der Waals surface area contributed by atoms with Crippen LogP contribution in [0.15, 0.2) is 18.2 Å². The molecule has 0 bridgehead atoms. The Bertz CT molecular complexity index is 352. The number of ether oxygens (including phenoxy) is 1. The summed E-state index contributed by atoms with van der Waals surface area (Å²) in [5, 5.41) is 3.35. The number of rotatable bonds is 5. The molecule has 0 aromatic heterocycles. The van der Waals surface area contributed by atoms with Crippen LogP contribution >= 0.6 is 0 Å². The van der Waals surface area contributed by atoms with Gasteiger partial charge in [-0.25, -0.2) is 0 Å². The molecule has 2 nitrogen and oxygen atoms in total. The summed E-state index contributed by atoms with van der Waals surface area (Å²) in [6.45, 7) is 13.5. The van der Waals surface area contributed by atoms with Crippen LogP contribution in [0.1, 0.15) is 45.7 Å². The van der Waals surface area contributed by atoms with E-state index < -0.39 is 0 Å². The first-order valence-corrected chi connectivity index (χ1v) is 6.46. The summed E-state index contributed by atoms with van der Waals surface area (Å²) in [5.41, 5.74) is 2.72. The van der Waals surface area contributed by atoms with Gasteiger partial charge in [0.05, 0.1) is 6.61 Å². The van der Waals surface area contributed by atoms with Crippen molar-refractivity contribution < 1.29 is 4.74 Å². The maximum Gasteiger partial charge on any atom is 0.123 e. The lowest BCUT2D eigenvalue weighted by Gasteiger charge is -2.23. The third-order valence-electron chi connectivity index (χ3n) is 2.73. The van der Waals surface area contributed by atoms with Gasteiger partial charge in [-0.05, 0) is 36.1 Å². The van der Waals surface area contributed by atoms with Gasteiger partial charge in [0.25, 0.3) is 0 Å². The van der Waals surface area contributed by atoms with Crippen LogP contribution in [0, 0.1) is 0 Å². The summed E-state index contributed by atoms with van der Waals surface area (Å²) in [5.74, 6) is 1.01. The lowest BCUT2D eigenvalue weighted by atomic mass is 9.85. The highest BCUT2D eigenvalue weighted by Crippen LogP contribution is 2.32. The average molecular weight is 235 g/mol. The van der Waals surface area contributed by atoms with Crippen molar-refractivity contribution in [3.63, 3.8) is 0 Å². The Morgan fingerprint density at radius 1 is 1.18 bits per heavy atom. The first kappa shape index (κ1) is 14.0. The van der Waals surface area contributed by atoms with E-state index in [9.17, 15) is 0 Å². The van der Waals surface area contributed by atoms with Gasteiger partial charge in [-0.15, -0.1) is 0 Å². The second-order valence-electron chi connectivity index (χ2n) is 5.29. The highest BCUT2D eigenvalue weighted by Gasteiger charge is 2.19. The van der Waals surface area contributed by atoms with Crippen LogP contribution in [0.25, 0.3) is 0 Å². The van der Waals surface area contributed by atoms with E-state index in [4.69, 9.17) is 4.74 Å². The molecule has 0 unspecified atom stereocenters. The van der Waals surface area contributed by atoms with Crippen molar-refractivity contribution in [3.05, 3.63) is 29.3 Å². The molecule has 0 saturated heterocycles. The molecule has 0 heterocycles. The van der Waals surface area contributed by atoms with Crippen LogP contribution in [-0.4, -0.2) is 13.2 Å². The third-order valence-corrected chi connectivity index (χ3v) is 2.73. The lowest BCUT2D eigenvalue weighted by molar-refractivity contribution is 0.329. The largest absolute Gasteiger partial charge is 0.494 e. The Labute approximate surface area is 105 Å². The highest BCUT2D eigenvalue weighted by molar-refractivity contribution is 5.41. The summed E-state index contributed by atoms with van der Waals surface area (Å²) < 4.78 is 5.70. The Kier molecular flexibility index (Phi) is 5.01. The molecule has 0 radical (unpaired) electrons. The summed E-state index contributed by atoms with van der Waals surface area (Å²) in [7, 11) is 0. The molecule has 1 N–H and O–H groups in total. The first-order chi connectivity index (χ1) is 7.99. The summed E-state index contributed by atoms with van der Waals surface area (Å²) in [6.07, 6.45) is 0. The second-order valence-corrected chi connectivity index (χ2v) is 5.29. The molecule has 0 fully saturated rings. The van der Waals surface area contributed by atoms with Crippen LogP contribution < -0.4 is 10.1 Å². The van der Waals surface area contributed by atoms with E-state index in [0.717, 1.165) is 25.4 Å². The minimum Gasteiger partial charge on any atom is -0.494 e. The van der Waals surface area contributed by atoms with E-state index in [2.05, 4.69) is 51.2 Å². The van der Waals surface area contributed by atoms with Gasteiger partial charge in [0, 0.05) is 6.54 Å². The molecule has 0 aliphatic heterocycles. The van der Waals surface area contributed by atoms with Crippen molar-refractivity contribution >= 4 is 0 Å². The van der Waals surface area contributed by atoms with Gasteiger partial charge in [0.15, 0.2) is 0 Å². The Morgan fingerprint density at radius 2 is 1.88 bits per heavy atom. The molecule has 0 aliphatic carbocycles. The Morgan fingerprint density at radius 3 is 2.41 bits per heavy atom. The minimum atomic E-state index is 0.118. The third kappa shape index (κ3) is 4.04. The second kappa shape index (κ2) is 6.06. The van der Waals surface area contributed by atoms with Crippen LogP contribution in [-0.2, 0) is 12.0 Å². The summed E-state index contributed by atoms with van der Waals surface area (Å²) >= 11 is 0. The molecular formula is C15H25NO. The molecule has 0 amide bonds. The quantitative estimate of drug-likeness (QED) is 0.843. The van der Waals surface area contributed by atoms with E-state index in [1.807, 2.05) is 6.92 Å². The molecule has 2 heteroatoms. The normalized spacial score (nSPS) is 11.6. The molecule has 1 aromatic carbocycles. The number of nitrogens with one attached hydrogen (secondary N) is 1. The van der Waals surface area contributed by atoms with Crippen molar-refractivity contribution in [2.24, 2.45) is 0 Å².